The molecule has 2 aliphatic rings. The van der Waals surface area contributed by atoms with E-state index in [2.05, 4.69) is 157 Å². The van der Waals surface area contributed by atoms with Gasteiger partial charge in [-0.3, -0.25) is 0 Å². The van der Waals surface area contributed by atoms with Gasteiger partial charge in [0.05, 0.1) is 11.2 Å². The zero-order valence-corrected chi connectivity index (χ0v) is 26.4. The Hall–Kier alpha value is -3.70. The third-order valence-electron chi connectivity index (χ3n) is 9.79. The second-order valence-corrected chi connectivity index (χ2v) is 16.7. The molecular formula is C38H37BO2Si. The average molecular weight is 565 g/mol. The molecule has 0 spiro atoms. The maximum atomic E-state index is 6.54. The molecule has 1 saturated heterocycles. The summed E-state index contributed by atoms with van der Waals surface area (Å²) in [4.78, 5) is 0. The highest BCUT2D eigenvalue weighted by atomic mass is 28.3. The molecule has 0 aromatic heterocycles. The normalized spacial score (nSPS) is 17.6. The van der Waals surface area contributed by atoms with Crippen LogP contribution in [0.25, 0.3) is 22.3 Å². The van der Waals surface area contributed by atoms with Crippen molar-refractivity contribution in [3.8, 4) is 22.3 Å². The summed E-state index contributed by atoms with van der Waals surface area (Å²) in [5, 5.41) is 5.74. The molecular weight excluding hydrogens is 527 g/mol. The van der Waals surface area contributed by atoms with Gasteiger partial charge in [0, 0.05) is 0 Å². The molecule has 0 radical (unpaired) electrons. The smallest absolute Gasteiger partial charge is 0.399 e. The van der Waals surface area contributed by atoms with Gasteiger partial charge in [0.1, 0.15) is 0 Å². The van der Waals surface area contributed by atoms with Gasteiger partial charge in [-0.15, -0.1) is 0 Å². The van der Waals surface area contributed by atoms with Crippen molar-refractivity contribution in [3.63, 3.8) is 0 Å². The molecule has 2 heterocycles. The molecule has 0 unspecified atom stereocenters. The first kappa shape index (κ1) is 27.2. The van der Waals surface area contributed by atoms with Gasteiger partial charge in [0.2, 0.25) is 0 Å². The molecule has 1 fully saturated rings. The van der Waals surface area contributed by atoms with Gasteiger partial charge in [-0.1, -0.05) is 126 Å². The van der Waals surface area contributed by atoms with Gasteiger partial charge in [0.15, 0.2) is 8.07 Å². The first-order valence-electron chi connectivity index (χ1n) is 15.0. The van der Waals surface area contributed by atoms with E-state index in [9.17, 15) is 0 Å². The van der Waals surface area contributed by atoms with Crippen LogP contribution in [0.5, 0.6) is 0 Å². The Morgan fingerprint density at radius 1 is 0.524 bits per heavy atom. The number of benzene rings is 5. The molecule has 0 saturated carbocycles. The molecule has 4 heteroatoms. The van der Waals surface area contributed by atoms with E-state index in [1.54, 1.807) is 0 Å². The fourth-order valence-corrected chi connectivity index (χ4v) is 11.9. The van der Waals surface area contributed by atoms with Gasteiger partial charge >= 0.3 is 7.12 Å². The molecule has 2 aliphatic heterocycles. The SMILES string of the molecule is Cc1ccc([Si]2(c3ccc(C)cc3)c3ccccc3-c3ccc(-c4ccccc4B4OC(C)(C)C(C)(C)O4)cc32)cc1. The van der Waals surface area contributed by atoms with Crippen LogP contribution in [0.3, 0.4) is 0 Å². The molecule has 7 rings (SSSR count). The molecule has 0 atom stereocenters. The minimum Gasteiger partial charge on any atom is -0.399 e. The fraction of sp³-hybridized carbons (Fsp3) is 0.211. The fourth-order valence-electron chi connectivity index (χ4n) is 6.78. The second kappa shape index (κ2) is 9.67. The van der Waals surface area contributed by atoms with Crippen LogP contribution >= 0.6 is 0 Å². The van der Waals surface area contributed by atoms with Gasteiger partial charge in [-0.2, -0.15) is 0 Å². The maximum absolute atomic E-state index is 6.54. The van der Waals surface area contributed by atoms with Crippen LogP contribution in [0.2, 0.25) is 0 Å². The lowest BCUT2D eigenvalue weighted by molar-refractivity contribution is 0.00578. The average Bonchev–Trinajstić information content (AvgIpc) is 3.40. The molecule has 0 N–H and O–H groups in total. The highest BCUT2D eigenvalue weighted by molar-refractivity contribution is 7.22. The monoisotopic (exact) mass is 564 g/mol. The zero-order valence-electron chi connectivity index (χ0n) is 25.4. The summed E-state index contributed by atoms with van der Waals surface area (Å²) in [6.07, 6.45) is 0. The summed E-state index contributed by atoms with van der Waals surface area (Å²) in [6, 6.07) is 43.4. The standard InChI is InChI=1S/C38H37BO2Si/c1-26-15-20-29(21-16-26)42(30-22-17-27(2)18-23-30)35-14-10-8-12-32(35)33-24-19-28(25-36(33)42)31-11-7-9-13-34(31)39-40-37(3,4)38(5,6)41-39/h7-25H,1-6H3. The van der Waals surface area contributed by atoms with E-state index in [4.69, 9.17) is 9.31 Å². The lowest BCUT2D eigenvalue weighted by Gasteiger charge is -2.32. The van der Waals surface area contributed by atoms with Gasteiger partial charge in [0.25, 0.3) is 0 Å². The van der Waals surface area contributed by atoms with Crippen LogP contribution in [-0.4, -0.2) is 26.4 Å². The summed E-state index contributed by atoms with van der Waals surface area (Å²) in [5.41, 5.74) is 7.89. The third-order valence-corrected chi connectivity index (χ3v) is 14.7. The molecule has 0 aliphatic carbocycles. The zero-order chi connectivity index (χ0) is 29.3. The molecule has 2 nitrogen and oxygen atoms in total. The number of aryl methyl sites for hydroxylation is 2. The third kappa shape index (κ3) is 4.00. The van der Waals surface area contributed by atoms with Gasteiger partial charge in [-0.05, 0) is 90.0 Å². The number of fused-ring (bicyclic) bond motifs is 3. The molecule has 42 heavy (non-hydrogen) atoms. The predicted octanol–water partition coefficient (Wildman–Crippen LogP) is 5.63. The summed E-state index contributed by atoms with van der Waals surface area (Å²) >= 11 is 0. The van der Waals surface area contributed by atoms with Crippen LogP contribution in [0.15, 0.2) is 115 Å². The Bertz CT molecular complexity index is 1740. The first-order chi connectivity index (χ1) is 20.1. The predicted molar refractivity (Wildman–Crippen MR) is 180 cm³/mol. The highest BCUT2D eigenvalue weighted by Gasteiger charge is 2.52. The van der Waals surface area contributed by atoms with E-state index in [-0.39, 0.29) is 0 Å². The van der Waals surface area contributed by atoms with E-state index in [1.807, 2.05) is 0 Å². The molecule has 5 aromatic rings. The summed E-state index contributed by atoms with van der Waals surface area (Å²) in [7, 11) is -3.02. The van der Waals surface area contributed by atoms with Crippen molar-refractivity contribution in [2.24, 2.45) is 0 Å². The van der Waals surface area contributed by atoms with E-state index in [0.29, 0.717) is 0 Å². The van der Waals surface area contributed by atoms with Crippen molar-refractivity contribution in [2.45, 2.75) is 52.7 Å². The summed E-state index contributed by atoms with van der Waals surface area (Å²) in [6.45, 7) is 12.8. The minimum atomic E-state index is -2.59. The van der Waals surface area contributed by atoms with Crippen LogP contribution in [0.1, 0.15) is 38.8 Å². The highest BCUT2D eigenvalue weighted by Crippen LogP contribution is 2.38. The van der Waals surface area contributed by atoms with Crippen molar-refractivity contribution in [1.29, 1.82) is 0 Å². The van der Waals surface area contributed by atoms with Crippen molar-refractivity contribution in [3.05, 3.63) is 126 Å². The Balaban J connectivity index is 1.48. The molecule has 0 bridgehead atoms. The minimum absolute atomic E-state index is 0.399. The summed E-state index contributed by atoms with van der Waals surface area (Å²) in [5.74, 6) is 0. The lowest BCUT2D eigenvalue weighted by Crippen LogP contribution is -2.72. The Labute approximate surface area is 251 Å². The van der Waals surface area contributed by atoms with Crippen molar-refractivity contribution >= 4 is 41.4 Å². The van der Waals surface area contributed by atoms with E-state index in [1.165, 1.54) is 48.6 Å². The largest absolute Gasteiger partial charge is 0.495 e. The number of hydrogen-bond acceptors (Lipinski definition) is 2. The van der Waals surface area contributed by atoms with Crippen molar-refractivity contribution < 1.29 is 9.31 Å². The number of hydrogen-bond donors (Lipinski definition) is 0. The van der Waals surface area contributed by atoms with E-state index < -0.39 is 26.4 Å². The second-order valence-electron chi connectivity index (χ2n) is 13.0. The van der Waals surface area contributed by atoms with Crippen LogP contribution in [0, 0.1) is 13.8 Å². The molecule has 5 aromatic carbocycles. The quantitative estimate of drug-likeness (QED) is 0.259. The van der Waals surface area contributed by atoms with Gasteiger partial charge < -0.3 is 9.31 Å². The Morgan fingerprint density at radius 3 is 1.62 bits per heavy atom. The van der Waals surface area contributed by atoms with E-state index in [0.717, 1.165) is 11.0 Å². The van der Waals surface area contributed by atoms with Gasteiger partial charge in [-0.25, -0.2) is 0 Å². The van der Waals surface area contributed by atoms with Crippen LogP contribution < -0.4 is 26.2 Å². The Kier molecular flexibility index (Phi) is 6.25. The lowest BCUT2D eigenvalue weighted by atomic mass is 9.74. The van der Waals surface area contributed by atoms with Crippen LogP contribution in [-0.2, 0) is 9.31 Å². The van der Waals surface area contributed by atoms with Crippen LogP contribution in [0.4, 0.5) is 0 Å². The summed E-state index contributed by atoms with van der Waals surface area (Å²) < 4.78 is 13.1. The Morgan fingerprint density at radius 2 is 1.02 bits per heavy atom. The topological polar surface area (TPSA) is 18.5 Å². The maximum Gasteiger partial charge on any atom is 0.495 e. The first-order valence-corrected chi connectivity index (χ1v) is 17.0. The van der Waals surface area contributed by atoms with Crippen molar-refractivity contribution in [2.75, 3.05) is 0 Å². The molecule has 0 amide bonds. The van der Waals surface area contributed by atoms with Crippen molar-refractivity contribution in [1.82, 2.24) is 0 Å². The molecule has 208 valence electrons. The number of rotatable bonds is 4. The van der Waals surface area contributed by atoms with E-state index >= 15 is 0 Å².